The van der Waals surface area contributed by atoms with E-state index in [9.17, 15) is 9.59 Å². The van der Waals surface area contributed by atoms with Crippen molar-refractivity contribution in [2.45, 2.75) is 47.3 Å². The summed E-state index contributed by atoms with van der Waals surface area (Å²) in [6.45, 7) is 11.0. The molecule has 1 aliphatic rings. The number of carbonyl (C=O) groups excluding carboxylic acids is 1. The number of allylic oxidation sites excluding steroid dienone is 1. The van der Waals surface area contributed by atoms with Crippen LogP contribution in [0, 0.1) is 20.8 Å². The third-order valence-corrected chi connectivity index (χ3v) is 8.96. The molecule has 0 unspecified atom stereocenters. The highest BCUT2D eigenvalue weighted by Crippen LogP contribution is 2.40. The molecule has 0 N–H and O–H groups in total. The van der Waals surface area contributed by atoms with E-state index >= 15 is 0 Å². The van der Waals surface area contributed by atoms with E-state index in [-0.39, 0.29) is 24.3 Å². The predicted octanol–water partition coefficient (Wildman–Crippen LogP) is 5.34. The van der Waals surface area contributed by atoms with Crippen LogP contribution >= 0.6 is 11.3 Å². The molecule has 0 saturated carbocycles. The molecule has 9 nitrogen and oxygen atoms in total. The first-order chi connectivity index (χ1) is 22.7. The van der Waals surface area contributed by atoms with Gasteiger partial charge in [-0.25, -0.2) is 9.79 Å². The molecule has 0 amide bonds. The molecule has 4 aromatic rings. The Balaban J connectivity index is 1.53. The van der Waals surface area contributed by atoms with E-state index in [2.05, 4.69) is 32.9 Å². The van der Waals surface area contributed by atoms with Gasteiger partial charge < -0.3 is 23.7 Å². The zero-order valence-electron chi connectivity index (χ0n) is 27.8. The summed E-state index contributed by atoms with van der Waals surface area (Å²) in [6, 6.07) is 16.5. The lowest BCUT2D eigenvalue weighted by molar-refractivity contribution is -0.140. The number of nitrogens with zero attached hydrogens (tertiary/aromatic N) is 2. The minimum Gasteiger partial charge on any atom is -0.493 e. The van der Waals surface area contributed by atoms with Crippen molar-refractivity contribution in [1.82, 2.24) is 4.57 Å². The Morgan fingerprint density at radius 1 is 0.979 bits per heavy atom. The standard InChI is InChI=1S/C37H40N2O7S/c1-8-44-34-28(10-9-11-30(34)43-7)33-32(36(41)45-17-16-42-6)25(5)38-37-39(33)35(40)31(47-37)20-26-12-14-27(15-13-26)46-21-29-23(3)18-22(2)19-24(29)4/h9-15,18-20,33H,8,16-17,21H2,1-7H3/b31-20+/t33-/m0/s1. The first kappa shape index (κ1) is 33.7. The number of esters is 1. The van der Waals surface area contributed by atoms with Gasteiger partial charge in [-0.15, -0.1) is 0 Å². The third-order valence-electron chi connectivity index (χ3n) is 7.98. The Labute approximate surface area is 278 Å². The minimum absolute atomic E-state index is 0.0592. The summed E-state index contributed by atoms with van der Waals surface area (Å²) < 4.78 is 30.4. The lowest BCUT2D eigenvalue weighted by Crippen LogP contribution is -2.40. The molecule has 246 valence electrons. The summed E-state index contributed by atoms with van der Waals surface area (Å²) >= 11 is 1.26. The molecule has 1 atom stereocenters. The normalized spacial score (nSPS) is 14.4. The van der Waals surface area contributed by atoms with E-state index in [1.54, 1.807) is 26.2 Å². The largest absolute Gasteiger partial charge is 0.493 e. The van der Waals surface area contributed by atoms with Crippen LogP contribution in [0.25, 0.3) is 6.08 Å². The van der Waals surface area contributed by atoms with Crippen LogP contribution in [-0.2, 0) is 20.9 Å². The van der Waals surface area contributed by atoms with Crippen LogP contribution in [0.4, 0.5) is 0 Å². The fraction of sp³-hybridized carbons (Fsp3) is 0.324. The summed E-state index contributed by atoms with van der Waals surface area (Å²) in [7, 11) is 3.08. The van der Waals surface area contributed by atoms with Crippen molar-refractivity contribution < 1.29 is 28.5 Å². The van der Waals surface area contributed by atoms with Crippen LogP contribution in [0.2, 0.25) is 0 Å². The molecule has 0 saturated heterocycles. The lowest BCUT2D eigenvalue weighted by atomic mass is 9.94. The number of aryl methyl sites for hydroxylation is 3. The number of rotatable bonds is 12. The number of benzene rings is 3. The van der Waals surface area contributed by atoms with E-state index < -0.39 is 12.0 Å². The van der Waals surface area contributed by atoms with Crippen LogP contribution in [0.1, 0.15) is 53.3 Å². The number of thiazole rings is 1. The van der Waals surface area contributed by atoms with Crippen LogP contribution < -0.4 is 29.1 Å². The fourth-order valence-corrected chi connectivity index (χ4v) is 6.83. The van der Waals surface area contributed by atoms with Gasteiger partial charge >= 0.3 is 5.97 Å². The van der Waals surface area contributed by atoms with Crippen LogP contribution in [0.3, 0.4) is 0 Å². The van der Waals surface area contributed by atoms with Crippen molar-refractivity contribution in [3.05, 3.63) is 119 Å². The van der Waals surface area contributed by atoms with Gasteiger partial charge in [-0.3, -0.25) is 9.36 Å². The van der Waals surface area contributed by atoms with Crippen molar-refractivity contribution in [2.24, 2.45) is 4.99 Å². The van der Waals surface area contributed by atoms with Gasteiger partial charge in [0.2, 0.25) is 0 Å². The Morgan fingerprint density at radius 3 is 2.36 bits per heavy atom. The van der Waals surface area contributed by atoms with E-state index in [0.717, 1.165) is 11.3 Å². The molecule has 0 bridgehead atoms. The lowest BCUT2D eigenvalue weighted by Gasteiger charge is -2.27. The number of methoxy groups -OCH3 is 2. The van der Waals surface area contributed by atoms with Gasteiger partial charge in [0.05, 0.1) is 36.1 Å². The SMILES string of the molecule is CCOc1c(OC)cccc1[C@H]1C(C(=O)OCCOC)=C(C)N=c2s/c(=C/c3ccc(OCc4c(C)cc(C)cc4C)cc3)c(=O)n21. The summed E-state index contributed by atoms with van der Waals surface area (Å²) in [5, 5.41) is 0. The maximum absolute atomic E-state index is 14.2. The highest BCUT2D eigenvalue weighted by Gasteiger charge is 2.36. The van der Waals surface area contributed by atoms with Crippen LogP contribution in [0.5, 0.6) is 17.2 Å². The zero-order chi connectivity index (χ0) is 33.7. The van der Waals surface area contributed by atoms with Crippen molar-refractivity contribution in [2.75, 3.05) is 34.0 Å². The van der Waals surface area contributed by atoms with Crippen molar-refractivity contribution in [1.29, 1.82) is 0 Å². The Hall–Kier alpha value is -4.67. The second-order valence-corrected chi connectivity index (χ2v) is 12.3. The van der Waals surface area contributed by atoms with E-state index in [4.69, 9.17) is 28.7 Å². The molecule has 0 fully saturated rings. The molecule has 0 spiro atoms. The Bertz CT molecular complexity index is 1970. The topological polar surface area (TPSA) is 97.6 Å². The van der Waals surface area contributed by atoms with Crippen LogP contribution in [-0.4, -0.2) is 44.6 Å². The molecule has 1 aliphatic heterocycles. The number of hydrogen-bond acceptors (Lipinski definition) is 9. The number of carbonyl (C=O) groups is 1. The van der Waals surface area contributed by atoms with Crippen molar-refractivity contribution >= 4 is 23.4 Å². The molecular weight excluding hydrogens is 616 g/mol. The molecule has 3 aromatic carbocycles. The molecule has 0 aliphatic carbocycles. The monoisotopic (exact) mass is 656 g/mol. The number of aromatic nitrogens is 1. The first-order valence-corrected chi connectivity index (χ1v) is 16.3. The maximum Gasteiger partial charge on any atom is 0.338 e. The van der Waals surface area contributed by atoms with Gasteiger partial charge in [0, 0.05) is 12.7 Å². The Morgan fingerprint density at radius 2 is 1.70 bits per heavy atom. The van der Waals surface area contributed by atoms with E-state index in [1.165, 1.54) is 45.3 Å². The minimum atomic E-state index is -0.857. The van der Waals surface area contributed by atoms with Gasteiger partial charge in [0.1, 0.15) is 25.0 Å². The smallest absolute Gasteiger partial charge is 0.338 e. The number of hydrogen-bond donors (Lipinski definition) is 0. The van der Waals surface area contributed by atoms with Gasteiger partial charge in [0.15, 0.2) is 16.3 Å². The Kier molecular flexibility index (Phi) is 10.6. The number of fused-ring (bicyclic) bond motifs is 1. The average Bonchev–Trinajstić information content (AvgIpc) is 3.34. The molecule has 2 heterocycles. The summed E-state index contributed by atoms with van der Waals surface area (Å²) in [5.74, 6) is 1.08. The molecule has 0 radical (unpaired) electrons. The van der Waals surface area contributed by atoms with Gasteiger partial charge in [-0.2, -0.15) is 0 Å². The first-order valence-electron chi connectivity index (χ1n) is 15.4. The fourth-order valence-electron chi connectivity index (χ4n) is 5.78. The molecular formula is C37H40N2O7S. The van der Waals surface area contributed by atoms with E-state index in [0.29, 0.717) is 45.3 Å². The summed E-state index contributed by atoms with van der Waals surface area (Å²) in [6.07, 6.45) is 1.82. The molecule has 1 aromatic heterocycles. The summed E-state index contributed by atoms with van der Waals surface area (Å²) in [5.41, 5.74) is 6.65. The average molecular weight is 657 g/mol. The summed E-state index contributed by atoms with van der Waals surface area (Å²) in [4.78, 5) is 32.9. The highest BCUT2D eigenvalue weighted by atomic mass is 32.1. The second-order valence-electron chi connectivity index (χ2n) is 11.3. The van der Waals surface area contributed by atoms with Gasteiger partial charge in [-0.05, 0) is 81.1 Å². The molecule has 47 heavy (non-hydrogen) atoms. The van der Waals surface area contributed by atoms with Crippen molar-refractivity contribution in [3.8, 4) is 17.2 Å². The predicted molar refractivity (Wildman–Crippen MR) is 182 cm³/mol. The quantitative estimate of drug-likeness (QED) is 0.150. The maximum atomic E-state index is 14.2. The van der Waals surface area contributed by atoms with Gasteiger partial charge in [0.25, 0.3) is 5.56 Å². The van der Waals surface area contributed by atoms with Gasteiger partial charge in [-0.1, -0.05) is 53.3 Å². The third kappa shape index (κ3) is 7.18. The zero-order valence-corrected chi connectivity index (χ0v) is 28.7. The highest BCUT2D eigenvalue weighted by molar-refractivity contribution is 7.07. The molecule has 10 heteroatoms. The number of ether oxygens (including phenoxy) is 5. The second kappa shape index (κ2) is 14.8. The van der Waals surface area contributed by atoms with Crippen molar-refractivity contribution in [3.63, 3.8) is 0 Å². The van der Waals surface area contributed by atoms with Crippen LogP contribution in [0.15, 0.2) is 75.7 Å². The molecule has 5 rings (SSSR count). The number of para-hydroxylation sites is 1. The van der Waals surface area contributed by atoms with E-state index in [1.807, 2.05) is 43.3 Å².